The molecule has 2 fully saturated rings. The fourth-order valence-electron chi connectivity index (χ4n) is 3.97. The Morgan fingerprint density at radius 3 is 2.85 bits per heavy atom. The standard InChI is InChI=1S/C19H27N5O2/c1-22-9-10-24(17-4-3-16(13-20)14-21-17)15-19(22)6-5-18(25)23(8-7-19)11-12-26-2/h3-4,14H,5-12,15H2,1-2H3/t19-/m1/s1. The molecule has 7 heteroatoms. The van der Waals surface area contributed by atoms with Crippen molar-refractivity contribution in [2.45, 2.75) is 24.8 Å². The van der Waals surface area contributed by atoms with Gasteiger partial charge in [0.05, 0.1) is 12.2 Å². The van der Waals surface area contributed by atoms with Gasteiger partial charge >= 0.3 is 0 Å². The van der Waals surface area contributed by atoms with Crippen molar-refractivity contribution in [2.75, 3.05) is 58.4 Å². The maximum atomic E-state index is 12.5. The molecule has 140 valence electrons. The number of methoxy groups -OCH3 is 1. The van der Waals surface area contributed by atoms with Crippen LogP contribution in [0.1, 0.15) is 24.8 Å². The van der Waals surface area contributed by atoms with Gasteiger partial charge in [0.1, 0.15) is 11.9 Å². The lowest BCUT2D eigenvalue weighted by Crippen LogP contribution is -2.61. The minimum absolute atomic E-state index is 0.0225. The van der Waals surface area contributed by atoms with Crippen molar-refractivity contribution in [3.05, 3.63) is 23.9 Å². The van der Waals surface area contributed by atoms with Crippen LogP contribution in [0, 0.1) is 11.3 Å². The third kappa shape index (κ3) is 3.81. The Balaban J connectivity index is 1.74. The predicted octanol–water partition coefficient (Wildman–Crippen LogP) is 1.10. The summed E-state index contributed by atoms with van der Waals surface area (Å²) in [5.41, 5.74) is 0.553. The molecule has 1 amide bonds. The Morgan fingerprint density at radius 2 is 2.15 bits per heavy atom. The van der Waals surface area contributed by atoms with Gasteiger partial charge in [-0.3, -0.25) is 9.69 Å². The number of nitriles is 1. The lowest BCUT2D eigenvalue weighted by Gasteiger charge is -2.49. The number of carbonyl (C=O) groups is 1. The van der Waals surface area contributed by atoms with E-state index in [0.717, 1.165) is 44.8 Å². The number of carbonyl (C=O) groups excluding carboxylic acids is 1. The summed E-state index contributed by atoms with van der Waals surface area (Å²) < 4.78 is 5.14. The molecule has 26 heavy (non-hydrogen) atoms. The Hall–Kier alpha value is -2.17. The van der Waals surface area contributed by atoms with Gasteiger partial charge in [0.15, 0.2) is 0 Å². The number of anilines is 1. The van der Waals surface area contributed by atoms with Crippen molar-refractivity contribution in [1.82, 2.24) is 14.8 Å². The van der Waals surface area contributed by atoms with Crippen molar-refractivity contribution in [2.24, 2.45) is 0 Å². The molecule has 0 aromatic carbocycles. The maximum absolute atomic E-state index is 12.5. The first kappa shape index (κ1) is 18.6. The van der Waals surface area contributed by atoms with E-state index < -0.39 is 0 Å². The number of hydrogen-bond acceptors (Lipinski definition) is 6. The van der Waals surface area contributed by atoms with Gasteiger partial charge in [-0.25, -0.2) is 4.98 Å². The molecule has 0 bridgehead atoms. The highest BCUT2D eigenvalue weighted by molar-refractivity contribution is 5.76. The molecule has 3 heterocycles. The average Bonchev–Trinajstić information content (AvgIpc) is 2.83. The summed E-state index contributed by atoms with van der Waals surface area (Å²) in [6.45, 7) is 4.70. The summed E-state index contributed by atoms with van der Waals surface area (Å²) in [4.78, 5) is 23.6. The van der Waals surface area contributed by atoms with E-state index in [-0.39, 0.29) is 11.4 Å². The first-order valence-electron chi connectivity index (χ1n) is 9.17. The quantitative estimate of drug-likeness (QED) is 0.804. The normalized spacial score (nSPS) is 24.6. The number of nitrogens with zero attached hydrogens (tertiary/aromatic N) is 5. The molecule has 3 rings (SSSR count). The smallest absolute Gasteiger partial charge is 0.222 e. The molecule has 0 unspecified atom stereocenters. The number of likely N-dealkylation sites (N-methyl/N-ethyl adjacent to an activating group) is 1. The SMILES string of the molecule is COCCN1CC[C@]2(CCC1=O)CN(c1ccc(C#N)cn1)CCN2C. The molecule has 0 aliphatic carbocycles. The first-order valence-corrected chi connectivity index (χ1v) is 9.17. The average molecular weight is 357 g/mol. The number of pyridine rings is 1. The molecule has 7 nitrogen and oxygen atoms in total. The van der Waals surface area contributed by atoms with Gasteiger partial charge in [-0.15, -0.1) is 0 Å². The first-order chi connectivity index (χ1) is 12.6. The lowest BCUT2D eigenvalue weighted by molar-refractivity contribution is -0.131. The van der Waals surface area contributed by atoms with Crippen LogP contribution < -0.4 is 4.90 Å². The van der Waals surface area contributed by atoms with Crippen LogP contribution in [0.2, 0.25) is 0 Å². The van der Waals surface area contributed by atoms with Crippen LogP contribution in [0.25, 0.3) is 0 Å². The number of ether oxygens (including phenoxy) is 1. The molecule has 0 saturated carbocycles. The number of hydrogen-bond donors (Lipinski definition) is 0. The number of likely N-dealkylation sites (tertiary alicyclic amines) is 1. The van der Waals surface area contributed by atoms with Crippen LogP contribution in [0.5, 0.6) is 0 Å². The number of amides is 1. The molecule has 2 aliphatic heterocycles. The Bertz CT molecular complexity index is 672. The summed E-state index contributed by atoms with van der Waals surface area (Å²) in [6, 6.07) is 5.85. The van der Waals surface area contributed by atoms with Crippen LogP contribution in [-0.2, 0) is 9.53 Å². The van der Waals surface area contributed by atoms with E-state index >= 15 is 0 Å². The minimum atomic E-state index is -0.0225. The molecule has 0 N–H and O–H groups in total. The third-order valence-electron chi connectivity index (χ3n) is 5.77. The van der Waals surface area contributed by atoms with Gasteiger partial charge in [-0.05, 0) is 32.0 Å². The number of aromatic nitrogens is 1. The summed E-state index contributed by atoms with van der Waals surface area (Å²) >= 11 is 0. The molecular weight excluding hydrogens is 330 g/mol. The Kier molecular flexibility index (Phi) is 5.74. The van der Waals surface area contributed by atoms with Crippen molar-refractivity contribution < 1.29 is 9.53 Å². The second-order valence-electron chi connectivity index (χ2n) is 7.21. The molecule has 1 aromatic rings. The van der Waals surface area contributed by atoms with Crippen molar-refractivity contribution in [3.63, 3.8) is 0 Å². The summed E-state index contributed by atoms with van der Waals surface area (Å²) in [6.07, 6.45) is 4.01. The van der Waals surface area contributed by atoms with E-state index in [4.69, 9.17) is 10.00 Å². The van der Waals surface area contributed by atoms with Gasteiger partial charge in [-0.2, -0.15) is 5.26 Å². The topological polar surface area (TPSA) is 72.7 Å². The van der Waals surface area contributed by atoms with Gasteiger partial charge in [-0.1, -0.05) is 0 Å². The molecule has 1 aromatic heterocycles. The Labute approximate surface area is 155 Å². The highest BCUT2D eigenvalue weighted by Crippen LogP contribution is 2.33. The van der Waals surface area contributed by atoms with Gasteiger partial charge < -0.3 is 14.5 Å². The van der Waals surface area contributed by atoms with Crippen molar-refractivity contribution >= 4 is 11.7 Å². The molecule has 2 aliphatic rings. The second kappa shape index (κ2) is 8.02. The largest absolute Gasteiger partial charge is 0.383 e. The van der Waals surface area contributed by atoms with Crippen molar-refractivity contribution in [1.29, 1.82) is 5.26 Å². The molecule has 0 radical (unpaired) electrons. The molecular formula is C19H27N5O2. The van der Waals surface area contributed by atoms with Crippen molar-refractivity contribution in [3.8, 4) is 6.07 Å². The van der Waals surface area contributed by atoms with Gasteiger partial charge in [0.25, 0.3) is 0 Å². The van der Waals surface area contributed by atoms with Crippen LogP contribution in [0.4, 0.5) is 5.82 Å². The highest BCUT2D eigenvalue weighted by Gasteiger charge is 2.42. The fraction of sp³-hybridized carbons (Fsp3) is 0.632. The highest BCUT2D eigenvalue weighted by atomic mass is 16.5. The molecule has 1 spiro atoms. The Morgan fingerprint density at radius 1 is 1.31 bits per heavy atom. The summed E-state index contributed by atoms with van der Waals surface area (Å²) in [7, 11) is 3.83. The van der Waals surface area contributed by atoms with E-state index in [9.17, 15) is 4.79 Å². The monoisotopic (exact) mass is 357 g/mol. The predicted molar refractivity (Wildman–Crippen MR) is 98.8 cm³/mol. The van der Waals surface area contributed by atoms with Crippen LogP contribution in [0.15, 0.2) is 18.3 Å². The maximum Gasteiger partial charge on any atom is 0.222 e. The summed E-state index contributed by atoms with van der Waals surface area (Å²) in [5.74, 6) is 1.13. The van der Waals surface area contributed by atoms with E-state index in [0.29, 0.717) is 25.1 Å². The summed E-state index contributed by atoms with van der Waals surface area (Å²) in [5, 5.41) is 8.96. The van der Waals surface area contributed by atoms with Crippen LogP contribution in [0.3, 0.4) is 0 Å². The van der Waals surface area contributed by atoms with Crippen LogP contribution >= 0.6 is 0 Å². The zero-order valence-electron chi connectivity index (χ0n) is 15.6. The zero-order chi connectivity index (χ0) is 18.6. The number of rotatable bonds is 4. The number of piperazine rings is 1. The molecule has 1 atom stereocenters. The van der Waals surface area contributed by atoms with E-state index in [1.807, 2.05) is 17.0 Å². The van der Waals surface area contributed by atoms with Gasteiger partial charge in [0, 0.05) is 58.0 Å². The van der Waals surface area contributed by atoms with E-state index in [1.165, 1.54) is 0 Å². The van der Waals surface area contributed by atoms with E-state index in [1.54, 1.807) is 13.3 Å². The lowest BCUT2D eigenvalue weighted by atomic mass is 9.86. The van der Waals surface area contributed by atoms with E-state index in [2.05, 4.69) is 27.9 Å². The minimum Gasteiger partial charge on any atom is -0.383 e. The van der Waals surface area contributed by atoms with Gasteiger partial charge in [0.2, 0.25) is 5.91 Å². The third-order valence-corrected chi connectivity index (χ3v) is 5.77. The fourth-order valence-corrected chi connectivity index (χ4v) is 3.97. The second-order valence-corrected chi connectivity index (χ2v) is 7.21. The van der Waals surface area contributed by atoms with Crippen LogP contribution in [-0.4, -0.2) is 79.7 Å². The molecule has 2 saturated heterocycles. The zero-order valence-corrected chi connectivity index (χ0v) is 15.6.